The van der Waals surface area contributed by atoms with E-state index in [0.29, 0.717) is 18.4 Å². The van der Waals surface area contributed by atoms with Crippen molar-refractivity contribution in [3.63, 3.8) is 0 Å². The number of hydrogen-bond donors (Lipinski definition) is 1. The molecule has 3 nitrogen and oxygen atoms in total. The van der Waals surface area contributed by atoms with E-state index in [4.69, 9.17) is 4.74 Å². The lowest BCUT2D eigenvalue weighted by molar-refractivity contribution is 0.292. The highest BCUT2D eigenvalue weighted by Crippen LogP contribution is 2.19. The number of rotatable bonds is 2. The van der Waals surface area contributed by atoms with E-state index in [1.165, 1.54) is 0 Å². The third-order valence-corrected chi connectivity index (χ3v) is 2.54. The van der Waals surface area contributed by atoms with Gasteiger partial charge in [-0.15, -0.1) is 0 Å². The molecule has 1 aliphatic heterocycles. The van der Waals surface area contributed by atoms with Gasteiger partial charge in [0.05, 0.1) is 6.04 Å². The van der Waals surface area contributed by atoms with Crippen LogP contribution in [0.1, 0.15) is 19.4 Å². The van der Waals surface area contributed by atoms with Crippen LogP contribution in [0.25, 0.3) is 0 Å². The van der Waals surface area contributed by atoms with Crippen molar-refractivity contribution in [3.8, 4) is 5.75 Å². The maximum Gasteiger partial charge on any atom is 0.216 e. The molecule has 0 spiro atoms. The number of phenols is 1. The van der Waals surface area contributed by atoms with E-state index in [-0.39, 0.29) is 11.8 Å². The molecule has 0 saturated carbocycles. The van der Waals surface area contributed by atoms with Gasteiger partial charge in [0.25, 0.3) is 0 Å². The second-order valence-electron chi connectivity index (χ2n) is 4.11. The fraction of sp³-hybridized carbons (Fsp3) is 0.417. The topological polar surface area (TPSA) is 41.8 Å². The lowest BCUT2D eigenvalue weighted by Gasteiger charge is -2.06. The van der Waals surface area contributed by atoms with Crippen molar-refractivity contribution in [3.05, 3.63) is 29.8 Å². The molecule has 15 heavy (non-hydrogen) atoms. The molecule has 1 atom stereocenters. The van der Waals surface area contributed by atoms with Gasteiger partial charge in [-0.05, 0) is 24.1 Å². The van der Waals surface area contributed by atoms with E-state index in [2.05, 4.69) is 18.8 Å². The van der Waals surface area contributed by atoms with Crippen LogP contribution in [0.15, 0.2) is 29.3 Å². The molecule has 1 N–H and O–H groups in total. The Morgan fingerprint density at radius 1 is 1.47 bits per heavy atom. The first-order chi connectivity index (χ1) is 7.16. The fourth-order valence-electron chi connectivity index (χ4n) is 1.53. The molecule has 2 rings (SSSR count). The van der Waals surface area contributed by atoms with E-state index < -0.39 is 0 Å². The Balaban J connectivity index is 2.22. The number of aromatic hydroxyl groups is 1. The number of phenolic OH excluding ortho intramolecular Hbond substituents is 1. The average Bonchev–Trinajstić information content (AvgIpc) is 2.66. The molecule has 1 aromatic carbocycles. The third-order valence-electron chi connectivity index (χ3n) is 2.54. The Kier molecular flexibility index (Phi) is 2.62. The predicted molar refractivity (Wildman–Crippen MR) is 59.2 cm³/mol. The van der Waals surface area contributed by atoms with Crippen molar-refractivity contribution < 1.29 is 9.84 Å². The second kappa shape index (κ2) is 3.93. The number of benzene rings is 1. The predicted octanol–water partition coefficient (Wildman–Crippen LogP) is 2.19. The van der Waals surface area contributed by atoms with E-state index in [1.807, 2.05) is 6.07 Å². The molecule has 0 aromatic heterocycles. The van der Waals surface area contributed by atoms with Crippen molar-refractivity contribution in [2.45, 2.75) is 19.9 Å². The molecular formula is C12H15NO2. The molecule has 1 aliphatic rings. The quantitative estimate of drug-likeness (QED) is 0.804. The van der Waals surface area contributed by atoms with Gasteiger partial charge in [-0.2, -0.15) is 0 Å². The summed E-state index contributed by atoms with van der Waals surface area (Å²) in [6, 6.07) is 7.23. The zero-order valence-electron chi connectivity index (χ0n) is 8.97. The van der Waals surface area contributed by atoms with E-state index >= 15 is 0 Å². The molecule has 0 amide bonds. The zero-order chi connectivity index (χ0) is 10.8. The van der Waals surface area contributed by atoms with Crippen LogP contribution in [-0.2, 0) is 4.74 Å². The molecule has 1 aromatic rings. The molecule has 0 saturated heterocycles. The van der Waals surface area contributed by atoms with Crippen LogP contribution >= 0.6 is 0 Å². The van der Waals surface area contributed by atoms with Gasteiger partial charge in [-0.3, -0.25) is 0 Å². The molecule has 1 heterocycles. The van der Waals surface area contributed by atoms with Crippen LogP contribution < -0.4 is 0 Å². The molecule has 3 heteroatoms. The summed E-state index contributed by atoms with van der Waals surface area (Å²) < 4.78 is 5.51. The summed E-state index contributed by atoms with van der Waals surface area (Å²) in [6.07, 6.45) is 0. The van der Waals surface area contributed by atoms with Gasteiger partial charge in [0.2, 0.25) is 5.90 Å². The summed E-state index contributed by atoms with van der Waals surface area (Å²) in [4.78, 5) is 4.48. The lowest BCUT2D eigenvalue weighted by Crippen LogP contribution is -2.13. The van der Waals surface area contributed by atoms with Gasteiger partial charge in [0.15, 0.2) is 0 Å². The summed E-state index contributed by atoms with van der Waals surface area (Å²) in [6.45, 7) is 4.90. The first-order valence-electron chi connectivity index (χ1n) is 5.17. The molecule has 0 fully saturated rings. The second-order valence-corrected chi connectivity index (χ2v) is 4.11. The largest absolute Gasteiger partial charge is 0.508 e. The maximum atomic E-state index is 9.34. The fourth-order valence-corrected chi connectivity index (χ4v) is 1.53. The van der Waals surface area contributed by atoms with Crippen molar-refractivity contribution in [1.29, 1.82) is 0 Å². The number of aliphatic imine (C=N–C) groups is 1. The summed E-state index contributed by atoms with van der Waals surface area (Å²) >= 11 is 0. The molecule has 0 aliphatic carbocycles. The SMILES string of the molecule is CC(C)[C@@H]1COC(c2cccc(O)c2)=N1. The Labute approximate surface area is 89.4 Å². The van der Waals surface area contributed by atoms with Crippen LogP contribution in [0.2, 0.25) is 0 Å². The van der Waals surface area contributed by atoms with Crippen molar-refractivity contribution in [2.24, 2.45) is 10.9 Å². The Morgan fingerprint density at radius 3 is 2.87 bits per heavy atom. The van der Waals surface area contributed by atoms with Crippen molar-refractivity contribution in [2.75, 3.05) is 6.61 Å². The summed E-state index contributed by atoms with van der Waals surface area (Å²) in [7, 11) is 0. The summed E-state index contributed by atoms with van der Waals surface area (Å²) in [5.41, 5.74) is 0.846. The summed E-state index contributed by atoms with van der Waals surface area (Å²) in [5, 5.41) is 9.34. The standard InChI is InChI=1S/C12H15NO2/c1-8(2)11-7-15-12(13-11)9-4-3-5-10(14)6-9/h3-6,8,11,14H,7H2,1-2H3/t11-/m0/s1. The van der Waals surface area contributed by atoms with E-state index in [0.717, 1.165) is 5.56 Å². The van der Waals surface area contributed by atoms with Gasteiger partial charge < -0.3 is 9.84 Å². The normalized spacial score (nSPS) is 20.2. The maximum absolute atomic E-state index is 9.34. The lowest BCUT2D eigenvalue weighted by atomic mass is 10.1. The zero-order valence-corrected chi connectivity index (χ0v) is 8.97. The first-order valence-corrected chi connectivity index (χ1v) is 5.17. The average molecular weight is 205 g/mol. The van der Waals surface area contributed by atoms with Gasteiger partial charge in [0, 0.05) is 5.56 Å². The van der Waals surface area contributed by atoms with Crippen LogP contribution in [0.3, 0.4) is 0 Å². The molecule has 0 unspecified atom stereocenters. The van der Waals surface area contributed by atoms with Crippen LogP contribution in [0, 0.1) is 5.92 Å². The molecule has 0 bridgehead atoms. The van der Waals surface area contributed by atoms with Crippen LogP contribution in [0.4, 0.5) is 0 Å². The van der Waals surface area contributed by atoms with Crippen molar-refractivity contribution >= 4 is 5.90 Å². The Bertz CT molecular complexity index is 385. The molecule has 80 valence electrons. The van der Waals surface area contributed by atoms with E-state index in [1.54, 1.807) is 18.2 Å². The minimum Gasteiger partial charge on any atom is -0.508 e. The van der Waals surface area contributed by atoms with Crippen LogP contribution in [0.5, 0.6) is 5.75 Å². The molecular weight excluding hydrogens is 190 g/mol. The van der Waals surface area contributed by atoms with Gasteiger partial charge in [-0.25, -0.2) is 4.99 Å². The first kappa shape index (κ1) is 10.0. The highest BCUT2D eigenvalue weighted by Gasteiger charge is 2.22. The number of ether oxygens (including phenoxy) is 1. The van der Waals surface area contributed by atoms with E-state index in [9.17, 15) is 5.11 Å². The third kappa shape index (κ3) is 2.12. The Hall–Kier alpha value is -1.51. The monoisotopic (exact) mass is 205 g/mol. The minimum atomic E-state index is 0.238. The summed E-state index contributed by atoms with van der Waals surface area (Å²) in [5.74, 6) is 1.37. The minimum absolute atomic E-state index is 0.238. The van der Waals surface area contributed by atoms with Gasteiger partial charge in [-0.1, -0.05) is 19.9 Å². The Morgan fingerprint density at radius 2 is 2.27 bits per heavy atom. The van der Waals surface area contributed by atoms with Crippen molar-refractivity contribution in [1.82, 2.24) is 0 Å². The van der Waals surface area contributed by atoms with Gasteiger partial charge >= 0.3 is 0 Å². The van der Waals surface area contributed by atoms with Crippen LogP contribution in [-0.4, -0.2) is 23.7 Å². The highest BCUT2D eigenvalue weighted by atomic mass is 16.5. The van der Waals surface area contributed by atoms with Gasteiger partial charge in [0.1, 0.15) is 12.4 Å². The highest BCUT2D eigenvalue weighted by molar-refractivity contribution is 5.95. The smallest absolute Gasteiger partial charge is 0.216 e. The number of nitrogens with zero attached hydrogens (tertiary/aromatic N) is 1. The number of hydrogen-bond acceptors (Lipinski definition) is 3. The molecule has 0 radical (unpaired) electrons.